The van der Waals surface area contributed by atoms with Crippen LogP contribution in [0.2, 0.25) is 0 Å². The molecule has 0 unspecified atom stereocenters. The number of thioether (sulfide) groups is 1. The minimum atomic E-state index is -0.321. The van der Waals surface area contributed by atoms with Crippen LogP contribution in [0.25, 0.3) is 11.4 Å². The summed E-state index contributed by atoms with van der Waals surface area (Å²) in [5.41, 5.74) is 2.22. The van der Waals surface area contributed by atoms with E-state index in [4.69, 9.17) is 0 Å². The van der Waals surface area contributed by atoms with E-state index in [9.17, 15) is 9.18 Å². The number of halogens is 1. The second kappa shape index (κ2) is 8.35. The quantitative estimate of drug-likeness (QED) is 0.316. The molecule has 3 aromatic carbocycles. The minimum absolute atomic E-state index is 0.0296. The van der Waals surface area contributed by atoms with Crippen molar-refractivity contribution in [3.8, 4) is 11.4 Å². The highest BCUT2D eigenvalue weighted by atomic mass is 32.2. The number of anilines is 2. The fourth-order valence-electron chi connectivity index (χ4n) is 4.03. The number of para-hydroxylation sites is 2. The molecule has 0 bridgehead atoms. The first-order valence-electron chi connectivity index (χ1n) is 10.7. The maximum absolute atomic E-state index is 14.4. The number of carbonyl (C=O) groups excluding carboxylic acids is 1. The zero-order valence-corrected chi connectivity index (χ0v) is 19.2. The third-order valence-electron chi connectivity index (χ3n) is 5.70. The van der Waals surface area contributed by atoms with Gasteiger partial charge in [0.15, 0.2) is 11.0 Å². The van der Waals surface area contributed by atoms with Gasteiger partial charge in [-0.1, -0.05) is 59.9 Å². The molecule has 2 aliphatic rings. The van der Waals surface area contributed by atoms with Crippen LogP contribution in [0.3, 0.4) is 0 Å². The monoisotopic (exact) mass is 474 g/mol. The van der Waals surface area contributed by atoms with Crippen LogP contribution in [-0.2, 0) is 4.79 Å². The van der Waals surface area contributed by atoms with Crippen LogP contribution in [0.1, 0.15) is 18.9 Å². The summed E-state index contributed by atoms with van der Waals surface area (Å²) in [4.78, 5) is 17.4. The number of aromatic nitrogens is 3. The number of amides is 1. The van der Waals surface area contributed by atoms with Gasteiger partial charge in [0.2, 0.25) is 5.91 Å². The van der Waals surface area contributed by atoms with E-state index >= 15 is 0 Å². The van der Waals surface area contributed by atoms with E-state index in [2.05, 4.69) is 10.2 Å². The third kappa shape index (κ3) is 3.73. The Morgan fingerprint density at radius 3 is 2.24 bits per heavy atom. The molecule has 0 radical (unpaired) electrons. The number of rotatable bonds is 5. The largest absolute Gasteiger partial charge is 0.299 e. The summed E-state index contributed by atoms with van der Waals surface area (Å²) < 4.78 is 16.4. The van der Waals surface area contributed by atoms with Gasteiger partial charge in [0.1, 0.15) is 5.82 Å². The van der Waals surface area contributed by atoms with E-state index in [-0.39, 0.29) is 23.5 Å². The zero-order valence-electron chi connectivity index (χ0n) is 17.5. The highest BCUT2D eigenvalue weighted by Crippen LogP contribution is 2.48. The van der Waals surface area contributed by atoms with Gasteiger partial charge >= 0.3 is 0 Å². The van der Waals surface area contributed by atoms with Crippen molar-refractivity contribution in [2.24, 2.45) is 0 Å². The Bertz CT molecular complexity index is 1320. The average Bonchev–Trinajstić information content (AvgIpc) is 3.60. The molecule has 2 heterocycles. The van der Waals surface area contributed by atoms with Gasteiger partial charge < -0.3 is 0 Å². The summed E-state index contributed by atoms with van der Waals surface area (Å²) >= 11 is 3.03. The molecule has 0 saturated heterocycles. The molecular weight excluding hydrogens is 455 g/mol. The van der Waals surface area contributed by atoms with E-state index < -0.39 is 0 Å². The average molecular weight is 475 g/mol. The van der Waals surface area contributed by atoms with Crippen LogP contribution in [0.4, 0.5) is 15.8 Å². The molecule has 1 saturated carbocycles. The van der Waals surface area contributed by atoms with E-state index in [1.165, 1.54) is 17.8 Å². The number of fused-ring (bicyclic) bond motifs is 2. The highest BCUT2D eigenvalue weighted by Gasteiger charge is 2.32. The standard InChI is InChI=1S/C25H19FN4OS2/c26-18-8-2-1-7-17(18)24-27-28-25(29(24)16-13-14-16)32-15-23(31)30-19-9-3-5-11-21(19)33-22-12-6-4-10-20(22)30/h1-12,16H,13-15H2. The summed E-state index contributed by atoms with van der Waals surface area (Å²) in [6.07, 6.45) is 2.01. The lowest BCUT2D eigenvalue weighted by molar-refractivity contribution is -0.115. The lowest BCUT2D eigenvalue weighted by Crippen LogP contribution is -2.30. The van der Waals surface area contributed by atoms with Crippen LogP contribution >= 0.6 is 23.5 Å². The second-order valence-electron chi connectivity index (χ2n) is 7.94. The zero-order chi connectivity index (χ0) is 22.4. The van der Waals surface area contributed by atoms with Gasteiger partial charge in [-0.2, -0.15) is 0 Å². The molecule has 8 heteroatoms. The molecule has 5 nitrogen and oxygen atoms in total. The fraction of sp³-hybridized carbons (Fsp3) is 0.160. The highest BCUT2D eigenvalue weighted by molar-refractivity contribution is 8.00. The van der Waals surface area contributed by atoms with Gasteiger partial charge in [-0.25, -0.2) is 4.39 Å². The van der Waals surface area contributed by atoms with Gasteiger partial charge in [0, 0.05) is 15.8 Å². The first-order chi connectivity index (χ1) is 16.2. The molecule has 4 aromatic rings. The maximum Gasteiger partial charge on any atom is 0.242 e. The smallest absolute Gasteiger partial charge is 0.242 e. The molecule has 1 amide bonds. The molecule has 33 heavy (non-hydrogen) atoms. The SMILES string of the molecule is O=C(CSc1nnc(-c2ccccc2F)n1C1CC1)N1c2ccccc2Sc2ccccc21. The van der Waals surface area contributed by atoms with Crippen molar-refractivity contribution < 1.29 is 9.18 Å². The maximum atomic E-state index is 14.4. The Hall–Kier alpha value is -3.10. The van der Waals surface area contributed by atoms with E-state index in [1.807, 2.05) is 53.1 Å². The Morgan fingerprint density at radius 2 is 1.58 bits per heavy atom. The van der Waals surface area contributed by atoms with E-state index in [1.54, 1.807) is 34.9 Å². The van der Waals surface area contributed by atoms with Crippen molar-refractivity contribution in [1.82, 2.24) is 14.8 Å². The molecule has 0 spiro atoms. The number of hydrogen-bond donors (Lipinski definition) is 0. The van der Waals surface area contributed by atoms with Crippen molar-refractivity contribution in [1.29, 1.82) is 0 Å². The van der Waals surface area contributed by atoms with Crippen LogP contribution in [0.15, 0.2) is 87.7 Å². The molecule has 164 valence electrons. The van der Waals surface area contributed by atoms with Crippen molar-refractivity contribution in [3.63, 3.8) is 0 Å². The van der Waals surface area contributed by atoms with Crippen molar-refractivity contribution in [3.05, 3.63) is 78.6 Å². The third-order valence-corrected chi connectivity index (χ3v) is 7.76. The van der Waals surface area contributed by atoms with Crippen molar-refractivity contribution in [2.75, 3.05) is 10.7 Å². The molecule has 1 aromatic heterocycles. The summed E-state index contributed by atoms with van der Waals surface area (Å²) in [6.45, 7) is 0. The van der Waals surface area contributed by atoms with Gasteiger partial charge in [-0.3, -0.25) is 14.3 Å². The normalized spacial score (nSPS) is 14.6. The first kappa shape index (κ1) is 20.5. The molecule has 0 N–H and O–H groups in total. The van der Waals surface area contributed by atoms with E-state index in [0.29, 0.717) is 16.5 Å². The summed E-state index contributed by atoms with van der Waals surface area (Å²) in [7, 11) is 0. The molecule has 1 fully saturated rings. The number of nitrogens with zero attached hydrogens (tertiary/aromatic N) is 4. The van der Waals surface area contributed by atoms with Crippen LogP contribution in [0.5, 0.6) is 0 Å². The molecule has 6 rings (SSSR count). The molecule has 1 aliphatic heterocycles. The van der Waals surface area contributed by atoms with Gasteiger partial charge in [-0.15, -0.1) is 10.2 Å². The first-order valence-corrected chi connectivity index (χ1v) is 12.5. The van der Waals surface area contributed by atoms with Gasteiger partial charge in [0.05, 0.1) is 22.7 Å². The van der Waals surface area contributed by atoms with Crippen molar-refractivity contribution >= 4 is 40.8 Å². The Balaban J connectivity index is 1.30. The number of benzene rings is 3. The molecule has 0 atom stereocenters. The van der Waals surface area contributed by atoms with Gasteiger partial charge in [-0.05, 0) is 49.2 Å². The Kier molecular flexibility index (Phi) is 5.19. The predicted octanol–water partition coefficient (Wildman–Crippen LogP) is 6.34. The van der Waals surface area contributed by atoms with Crippen LogP contribution in [-0.4, -0.2) is 26.4 Å². The second-order valence-corrected chi connectivity index (χ2v) is 9.97. The molecular formula is C25H19FN4OS2. The summed E-state index contributed by atoms with van der Waals surface area (Å²) in [5, 5.41) is 9.28. The van der Waals surface area contributed by atoms with Crippen LogP contribution in [0, 0.1) is 5.82 Å². The Labute approximate surface area is 199 Å². The van der Waals surface area contributed by atoms with Crippen LogP contribution < -0.4 is 4.90 Å². The number of hydrogen-bond acceptors (Lipinski definition) is 5. The summed E-state index contributed by atoms with van der Waals surface area (Å²) in [5.74, 6) is 0.377. The lowest BCUT2D eigenvalue weighted by Gasteiger charge is -2.30. The van der Waals surface area contributed by atoms with Crippen molar-refractivity contribution in [2.45, 2.75) is 33.8 Å². The predicted molar refractivity (Wildman–Crippen MR) is 129 cm³/mol. The fourth-order valence-corrected chi connectivity index (χ4v) is 5.94. The van der Waals surface area contributed by atoms with Gasteiger partial charge in [0.25, 0.3) is 0 Å². The minimum Gasteiger partial charge on any atom is -0.299 e. The molecule has 1 aliphatic carbocycles. The lowest BCUT2D eigenvalue weighted by atomic mass is 10.2. The summed E-state index contributed by atoms with van der Waals surface area (Å²) in [6, 6.07) is 22.8. The van der Waals surface area contributed by atoms with E-state index in [0.717, 1.165) is 34.0 Å². The Morgan fingerprint density at radius 1 is 0.939 bits per heavy atom. The topological polar surface area (TPSA) is 51.0 Å². The number of carbonyl (C=O) groups is 1.